The lowest BCUT2D eigenvalue weighted by Gasteiger charge is -2.42. The minimum atomic E-state index is 0.380. The van der Waals surface area contributed by atoms with Crippen LogP contribution in [0.4, 0.5) is 0 Å². The molecule has 2 heterocycles. The second-order valence-corrected chi connectivity index (χ2v) is 5.76. The van der Waals surface area contributed by atoms with Gasteiger partial charge in [-0.25, -0.2) is 0 Å². The molecule has 1 atom stereocenters. The van der Waals surface area contributed by atoms with Crippen LogP contribution in [-0.2, 0) is 0 Å². The zero-order chi connectivity index (χ0) is 12.1. The monoisotopic (exact) mass is 240 g/mol. The molecule has 1 N–H and O–H groups in total. The summed E-state index contributed by atoms with van der Waals surface area (Å²) in [7, 11) is 0. The molecule has 0 bridgehead atoms. The topological polar surface area (TPSA) is 26.7 Å². The summed E-state index contributed by atoms with van der Waals surface area (Å²) in [5.74, 6) is 0.539. The standard InChI is InChI=1S/C14H28N2O/c1-2-7-15-9-5-14(6-10-15)16-8-3-4-13(11-16)12-17/h13-14,17H,2-12H2,1H3/t13-/m0/s1. The van der Waals surface area contributed by atoms with Crippen molar-refractivity contribution < 1.29 is 5.11 Å². The maximum absolute atomic E-state index is 9.28. The molecule has 0 spiro atoms. The second kappa shape index (κ2) is 6.72. The summed E-state index contributed by atoms with van der Waals surface area (Å²) in [4.78, 5) is 5.25. The van der Waals surface area contributed by atoms with E-state index in [0.717, 1.165) is 12.6 Å². The summed E-state index contributed by atoms with van der Waals surface area (Å²) in [5, 5.41) is 9.28. The molecule has 17 heavy (non-hydrogen) atoms. The van der Waals surface area contributed by atoms with Gasteiger partial charge in [0.15, 0.2) is 0 Å². The van der Waals surface area contributed by atoms with E-state index in [0.29, 0.717) is 12.5 Å². The van der Waals surface area contributed by atoms with Crippen molar-refractivity contribution in [2.45, 2.75) is 45.1 Å². The van der Waals surface area contributed by atoms with E-state index in [1.807, 2.05) is 0 Å². The fourth-order valence-corrected chi connectivity index (χ4v) is 3.40. The molecule has 2 aliphatic rings. The van der Waals surface area contributed by atoms with Gasteiger partial charge < -0.3 is 10.0 Å². The van der Waals surface area contributed by atoms with Crippen LogP contribution in [0, 0.1) is 5.92 Å². The summed E-state index contributed by atoms with van der Waals surface area (Å²) < 4.78 is 0. The van der Waals surface area contributed by atoms with Crippen LogP contribution in [0.25, 0.3) is 0 Å². The first-order chi connectivity index (χ1) is 8.33. The third-order valence-electron chi connectivity index (χ3n) is 4.42. The lowest BCUT2D eigenvalue weighted by Crippen LogP contribution is -2.49. The summed E-state index contributed by atoms with van der Waals surface area (Å²) in [6, 6.07) is 0.789. The van der Waals surface area contributed by atoms with Gasteiger partial charge in [-0.05, 0) is 64.2 Å². The van der Waals surface area contributed by atoms with E-state index >= 15 is 0 Å². The van der Waals surface area contributed by atoms with Crippen molar-refractivity contribution >= 4 is 0 Å². The van der Waals surface area contributed by atoms with Gasteiger partial charge in [0.05, 0.1) is 0 Å². The highest BCUT2D eigenvalue weighted by atomic mass is 16.3. The van der Waals surface area contributed by atoms with Gasteiger partial charge >= 0.3 is 0 Å². The first kappa shape index (κ1) is 13.3. The van der Waals surface area contributed by atoms with Gasteiger partial charge in [0.2, 0.25) is 0 Å². The van der Waals surface area contributed by atoms with Crippen molar-refractivity contribution in [3.8, 4) is 0 Å². The Hall–Kier alpha value is -0.120. The number of hydrogen-bond donors (Lipinski definition) is 1. The zero-order valence-corrected chi connectivity index (χ0v) is 11.3. The van der Waals surface area contributed by atoms with Gasteiger partial charge in [-0.15, -0.1) is 0 Å². The predicted molar refractivity (Wildman–Crippen MR) is 71.1 cm³/mol. The molecule has 2 saturated heterocycles. The maximum Gasteiger partial charge on any atom is 0.0471 e. The summed E-state index contributed by atoms with van der Waals surface area (Å²) in [6.45, 7) is 8.86. The van der Waals surface area contributed by atoms with Crippen LogP contribution >= 0.6 is 0 Å². The molecule has 0 aromatic heterocycles. The largest absolute Gasteiger partial charge is 0.396 e. The molecule has 3 heteroatoms. The Morgan fingerprint density at radius 3 is 2.53 bits per heavy atom. The molecule has 2 rings (SSSR count). The minimum absolute atomic E-state index is 0.380. The first-order valence-corrected chi connectivity index (χ1v) is 7.40. The Balaban J connectivity index is 1.76. The number of likely N-dealkylation sites (tertiary alicyclic amines) is 2. The van der Waals surface area contributed by atoms with Crippen molar-refractivity contribution in [3.63, 3.8) is 0 Å². The Morgan fingerprint density at radius 2 is 1.88 bits per heavy atom. The Morgan fingerprint density at radius 1 is 1.12 bits per heavy atom. The third kappa shape index (κ3) is 3.67. The number of rotatable bonds is 4. The smallest absolute Gasteiger partial charge is 0.0471 e. The van der Waals surface area contributed by atoms with Crippen LogP contribution in [0.3, 0.4) is 0 Å². The number of piperidine rings is 2. The first-order valence-electron chi connectivity index (χ1n) is 7.40. The molecule has 0 aromatic carbocycles. The normalized spacial score (nSPS) is 29.6. The fourth-order valence-electron chi connectivity index (χ4n) is 3.40. The van der Waals surface area contributed by atoms with E-state index in [1.165, 1.54) is 58.3 Å². The quantitative estimate of drug-likeness (QED) is 0.808. The van der Waals surface area contributed by atoms with Gasteiger partial charge in [-0.3, -0.25) is 4.90 Å². The number of nitrogens with zero attached hydrogens (tertiary/aromatic N) is 2. The molecule has 0 saturated carbocycles. The molecule has 0 aliphatic carbocycles. The van der Waals surface area contributed by atoms with Gasteiger partial charge in [-0.2, -0.15) is 0 Å². The average Bonchev–Trinajstić information content (AvgIpc) is 2.40. The van der Waals surface area contributed by atoms with Crippen molar-refractivity contribution in [1.29, 1.82) is 0 Å². The van der Waals surface area contributed by atoms with Crippen LogP contribution < -0.4 is 0 Å². The molecule has 100 valence electrons. The highest BCUT2D eigenvalue weighted by Gasteiger charge is 2.28. The van der Waals surface area contributed by atoms with Crippen LogP contribution in [0.5, 0.6) is 0 Å². The minimum Gasteiger partial charge on any atom is -0.396 e. The lowest BCUT2D eigenvalue weighted by atomic mass is 9.94. The molecule has 0 amide bonds. The van der Waals surface area contributed by atoms with E-state index in [9.17, 15) is 5.11 Å². The molecule has 0 radical (unpaired) electrons. The van der Waals surface area contributed by atoms with Crippen molar-refractivity contribution in [1.82, 2.24) is 9.80 Å². The molecular weight excluding hydrogens is 212 g/mol. The highest BCUT2D eigenvalue weighted by Crippen LogP contribution is 2.23. The second-order valence-electron chi connectivity index (χ2n) is 5.76. The van der Waals surface area contributed by atoms with Crippen molar-refractivity contribution in [3.05, 3.63) is 0 Å². The van der Waals surface area contributed by atoms with Crippen LogP contribution in [0.1, 0.15) is 39.0 Å². The van der Waals surface area contributed by atoms with Crippen molar-refractivity contribution in [2.75, 3.05) is 39.3 Å². The van der Waals surface area contributed by atoms with Gasteiger partial charge in [0.25, 0.3) is 0 Å². The van der Waals surface area contributed by atoms with E-state index in [2.05, 4.69) is 16.7 Å². The van der Waals surface area contributed by atoms with E-state index in [-0.39, 0.29) is 0 Å². The van der Waals surface area contributed by atoms with Crippen LogP contribution in [0.2, 0.25) is 0 Å². The summed E-state index contributed by atoms with van der Waals surface area (Å²) >= 11 is 0. The number of aliphatic hydroxyl groups excluding tert-OH is 1. The van der Waals surface area contributed by atoms with E-state index in [1.54, 1.807) is 0 Å². The number of hydrogen-bond acceptors (Lipinski definition) is 3. The van der Waals surface area contributed by atoms with Gasteiger partial charge in [0, 0.05) is 19.2 Å². The van der Waals surface area contributed by atoms with Crippen molar-refractivity contribution in [2.24, 2.45) is 5.92 Å². The summed E-state index contributed by atoms with van der Waals surface area (Å²) in [5.41, 5.74) is 0. The molecule has 0 unspecified atom stereocenters. The van der Waals surface area contributed by atoms with Crippen LogP contribution in [-0.4, -0.2) is 60.3 Å². The highest BCUT2D eigenvalue weighted by molar-refractivity contribution is 4.83. The average molecular weight is 240 g/mol. The lowest BCUT2D eigenvalue weighted by molar-refractivity contribution is 0.0543. The molecule has 0 aromatic rings. The summed E-state index contributed by atoms with van der Waals surface area (Å²) in [6.07, 6.45) is 6.44. The SMILES string of the molecule is CCCN1CCC(N2CCC[C@H](CO)C2)CC1. The Labute approximate surface area is 106 Å². The molecule has 2 fully saturated rings. The molecule has 2 aliphatic heterocycles. The van der Waals surface area contributed by atoms with Gasteiger partial charge in [-0.1, -0.05) is 6.92 Å². The Bertz CT molecular complexity index is 214. The molecular formula is C14H28N2O. The maximum atomic E-state index is 9.28. The molecule has 3 nitrogen and oxygen atoms in total. The van der Waals surface area contributed by atoms with E-state index in [4.69, 9.17) is 0 Å². The zero-order valence-electron chi connectivity index (χ0n) is 11.3. The van der Waals surface area contributed by atoms with E-state index < -0.39 is 0 Å². The fraction of sp³-hybridized carbons (Fsp3) is 1.00. The Kier molecular flexibility index (Phi) is 5.26. The van der Waals surface area contributed by atoms with Crippen LogP contribution in [0.15, 0.2) is 0 Å². The van der Waals surface area contributed by atoms with Gasteiger partial charge in [0.1, 0.15) is 0 Å². The predicted octanol–water partition coefficient (Wildman–Crippen LogP) is 1.57. The number of aliphatic hydroxyl groups is 1. The third-order valence-corrected chi connectivity index (χ3v) is 4.42.